The Labute approximate surface area is 250 Å². The van der Waals surface area contributed by atoms with E-state index in [-0.39, 0.29) is 23.8 Å². The maximum Gasteiger partial charge on any atom is 0.270 e. The van der Waals surface area contributed by atoms with Crippen molar-refractivity contribution in [3.8, 4) is 11.3 Å². The second kappa shape index (κ2) is 12.5. The van der Waals surface area contributed by atoms with Crippen LogP contribution in [-0.4, -0.2) is 52.1 Å². The zero-order valence-corrected chi connectivity index (χ0v) is 26.9. The van der Waals surface area contributed by atoms with Crippen LogP contribution in [0.5, 0.6) is 0 Å². The molecule has 1 atom stereocenters. The van der Waals surface area contributed by atoms with Gasteiger partial charge in [0, 0.05) is 38.2 Å². The summed E-state index contributed by atoms with van der Waals surface area (Å²) < 4.78 is 9.57. The molecule has 2 saturated carbocycles. The van der Waals surface area contributed by atoms with Crippen molar-refractivity contribution < 1.29 is 14.3 Å². The summed E-state index contributed by atoms with van der Waals surface area (Å²) in [7, 11) is -1.16. The summed E-state index contributed by atoms with van der Waals surface area (Å²) in [6.45, 7) is 14.2. The summed E-state index contributed by atoms with van der Waals surface area (Å²) >= 11 is 0. The van der Waals surface area contributed by atoms with Crippen LogP contribution in [0.15, 0.2) is 42.7 Å². The van der Waals surface area contributed by atoms with E-state index in [1.807, 2.05) is 55.9 Å². The fraction of sp³-hybridized carbons (Fsp3) is 0.562. The average molecular weight is 591 g/mol. The molecule has 0 unspecified atom stereocenters. The van der Waals surface area contributed by atoms with Crippen molar-refractivity contribution in [1.82, 2.24) is 24.9 Å². The molecule has 9 nitrogen and oxygen atoms in total. The summed E-state index contributed by atoms with van der Waals surface area (Å²) in [4.78, 5) is 27.2. The number of hydrogen-bond acceptors (Lipinski definition) is 5. The van der Waals surface area contributed by atoms with Crippen molar-refractivity contribution in [2.45, 2.75) is 91.0 Å². The molecule has 226 valence electrons. The normalized spacial score (nSPS) is 16.2. The molecule has 0 aliphatic heterocycles. The van der Waals surface area contributed by atoms with Gasteiger partial charge in [0.2, 0.25) is 5.91 Å². The minimum Gasteiger partial charge on any atom is -0.360 e. The van der Waals surface area contributed by atoms with Crippen molar-refractivity contribution in [2.75, 3.05) is 11.9 Å². The van der Waals surface area contributed by atoms with Gasteiger partial charge < -0.3 is 15.4 Å². The van der Waals surface area contributed by atoms with Gasteiger partial charge in [0.1, 0.15) is 18.5 Å². The fourth-order valence-electron chi connectivity index (χ4n) is 5.76. The molecule has 2 aromatic heterocycles. The van der Waals surface area contributed by atoms with Crippen LogP contribution < -0.4 is 10.6 Å². The molecule has 0 saturated heterocycles. The highest BCUT2D eigenvalue weighted by molar-refractivity contribution is 6.76. The summed E-state index contributed by atoms with van der Waals surface area (Å²) in [5.41, 5.74) is 4.28. The molecule has 2 heterocycles. The third-order valence-corrected chi connectivity index (χ3v) is 10.0. The summed E-state index contributed by atoms with van der Waals surface area (Å²) in [5.74, 6) is 0.720. The van der Waals surface area contributed by atoms with Gasteiger partial charge in [-0.25, -0.2) is 4.68 Å². The Balaban J connectivity index is 1.29. The van der Waals surface area contributed by atoms with Gasteiger partial charge >= 0.3 is 0 Å². The third kappa shape index (κ3) is 7.39. The number of benzene rings is 1. The van der Waals surface area contributed by atoms with Crippen molar-refractivity contribution in [3.05, 3.63) is 54.0 Å². The van der Waals surface area contributed by atoms with Gasteiger partial charge in [-0.15, -0.1) is 0 Å². The van der Waals surface area contributed by atoms with E-state index in [0.717, 1.165) is 55.2 Å². The van der Waals surface area contributed by atoms with E-state index < -0.39 is 14.1 Å². The number of rotatable bonds is 14. The first kappa shape index (κ1) is 30.2. The molecule has 10 heteroatoms. The molecule has 42 heavy (non-hydrogen) atoms. The van der Waals surface area contributed by atoms with Gasteiger partial charge in [0.05, 0.1) is 11.9 Å². The Morgan fingerprint density at radius 1 is 1.02 bits per heavy atom. The van der Waals surface area contributed by atoms with Crippen molar-refractivity contribution in [3.63, 3.8) is 0 Å². The van der Waals surface area contributed by atoms with E-state index in [4.69, 9.17) is 4.74 Å². The number of aromatic nitrogens is 4. The van der Waals surface area contributed by atoms with Crippen molar-refractivity contribution in [2.24, 2.45) is 17.8 Å². The van der Waals surface area contributed by atoms with Crippen LogP contribution in [0.3, 0.4) is 0 Å². The van der Waals surface area contributed by atoms with Crippen LogP contribution in [0.2, 0.25) is 25.7 Å². The number of amides is 2. The van der Waals surface area contributed by atoms with Crippen LogP contribution in [0, 0.1) is 24.7 Å². The highest BCUT2D eigenvalue weighted by Gasteiger charge is 2.48. The Bertz CT molecular complexity index is 1370. The lowest BCUT2D eigenvalue weighted by Crippen LogP contribution is -2.50. The highest BCUT2D eigenvalue weighted by atomic mass is 28.3. The molecular weight excluding hydrogens is 544 g/mol. The molecule has 0 spiro atoms. The Morgan fingerprint density at radius 2 is 1.69 bits per heavy atom. The number of nitrogens with one attached hydrogen (secondary N) is 2. The fourth-order valence-corrected chi connectivity index (χ4v) is 6.52. The topological polar surface area (TPSA) is 103 Å². The third-order valence-electron chi connectivity index (χ3n) is 8.34. The summed E-state index contributed by atoms with van der Waals surface area (Å²) in [6, 6.07) is 10.1. The monoisotopic (exact) mass is 590 g/mol. The Hall–Kier alpha value is -3.24. The quantitative estimate of drug-likeness (QED) is 0.174. The van der Waals surface area contributed by atoms with E-state index in [1.165, 1.54) is 0 Å². The van der Waals surface area contributed by atoms with Crippen LogP contribution in [0.25, 0.3) is 11.3 Å². The van der Waals surface area contributed by atoms with Gasteiger partial charge in [-0.05, 0) is 94.0 Å². The second-order valence-corrected chi connectivity index (χ2v) is 19.2. The Kier molecular flexibility index (Phi) is 9.03. The van der Waals surface area contributed by atoms with E-state index in [1.54, 1.807) is 16.9 Å². The van der Waals surface area contributed by atoms with Gasteiger partial charge in [-0.3, -0.25) is 14.3 Å². The van der Waals surface area contributed by atoms with Gasteiger partial charge in [-0.2, -0.15) is 10.2 Å². The van der Waals surface area contributed by atoms with Crippen molar-refractivity contribution >= 4 is 25.6 Å². The molecule has 0 radical (unpaired) electrons. The number of aryl methyl sites for hydroxylation is 1. The lowest BCUT2D eigenvalue weighted by molar-refractivity contribution is -0.119. The standard InChI is InChI=1S/C32H46N6O3Si/c1-21(2)38-27(15-16-33-38)31(39)36-29(28(23-7-8-23)24-9-10-24)32(40)35-26-13-11-25(12-14-26)30-22(3)19-34-37(30)20-41-17-18-42(4,5)6/h11-16,19,21,23-24,28-29H,7-10,17-18,20H2,1-6H3,(H,35,40)(H,36,39)/t29-/m0/s1. The van der Waals surface area contributed by atoms with Gasteiger partial charge in [0.15, 0.2) is 0 Å². The van der Waals surface area contributed by atoms with Crippen LogP contribution in [-0.2, 0) is 16.3 Å². The predicted molar refractivity (Wildman–Crippen MR) is 168 cm³/mol. The average Bonchev–Trinajstić information content (AvgIpc) is 3.86. The SMILES string of the molecule is Cc1cnn(COCC[Si](C)(C)C)c1-c1ccc(NC(=O)[C@@H](NC(=O)c2ccnn2C(C)C)C(C2CC2)C2CC2)cc1. The number of hydrogen-bond donors (Lipinski definition) is 2. The minimum atomic E-state index is -1.16. The largest absolute Gasteiger partial charge is 0.360 e. The molecule has 2 fully saturated rings. The highest BCUT2D eigenvalue weighted by Crippen LogP contribution is 2.51. The summed E-state index contributed by atoms with van der Waals surface area (Å²) in [6.07, 6.45) is 7.98. The molecular formula is C32H46N6O3Si. The molecule has 0 bridgehead atoms. The van der Waals surface area contributed by atoms with Crippen LogP contribution in [0.4, 0.5) is 5.69 Å². The second-order valence-electron chi connectivity index (χ2n) is 13.5. The zero-order valence-electron chi connectivity index (χ0n) is 25.9. The first-order chi connectivity index (χ1) is 20.0. The molecule has 2 amide bonds. The van der Waals surface area contributed by atoms with Gasteiger partial charge in [-0.1, -0.05) is 31.8 Å². The van der Waals surface area contributed by atoms with Gasteiger partial charge in [0.25, 0.3) is 5.91 Å². The lowest BCUT2D eigenvalue weighted by Gasteiger charge is -2.28. The predicted octanol–water partition coefficient (Wildman–Crippen LogP) is 6.12. The molecule has 1 aromatic carbocycles. The minimum absolute atomic E-state index is 0.0471. The van der Waals surface area contributed by atoms with E-state index in [2.05, 4.69) is 40.5 Å². The lowest BCUT2D eigenvalue weighted by atomic mass is 9.88. The maximum atomic E-state index is 13.8. The number of ether oxygens (including phenoxy) is 1. The molecule has 2 N–H and O–H groups in total. The molecule has 3 aromatic rings. The molecule has 5 rings (SSSR count). The number of nitrogens with zero attached hydrogens (tertiary/aromatic N) is 4. The Morgan fingerprint density at radius 3 is 2.29 bits per heavy atom. The first-order valence-corrected chi connectivity index (χ1v) is 19.1. The summed E-state index contributed by atoms with van der Waals surface area (Å²) in [5, 5.41) is 15.1. The molecule has 2 aliphatic carbocycles. The van der Waals surface area contributed by atoms with Crippen molar-refractivity contribution in [1.29, 1.82) is 0 Å². The number of carbonyl (C=O) groups excluding carboxylic acids is 2. The van der Waals surface area contributed by atoms with Crippen LogP contribution in [0.1, 0.15) is 61.6 Å². The smallest absolute Gasteiger partial charge is 0.270 e. The maximum absolute atomic E-state index is 13.8. The number of anilines is 1. The van der Waals surface area contributed by atoms with E-state index >= 15 is 0 Å². The van der Waals surface area contributed by atoms with E-state index in [0.29, 0.717) is 29.9 Å². The molecule has 2 aliphatic rings. The zero-order chi connectivity index (χ0) is 30.0. The number of carbonyl (C=O) groups is 2. The first-order valence-electron chi connectivity index (χ1n) is 15.4. The van der Waals surface area contributed by atoms with E-state index in [9.17, 15) is 9.59 Å². The van der Waals surface area contributed by atoms with Crippen LogP contribution >= 0.6 is 0 Å².